The Bertz CT molecular complexity index is 1890. The number of nitriles is 1. The van der Waals surface area contributed by atoms with Crippen molar-refractivity contribution < 1.29 is 37.1 Å². The standard InChI is InChI=1S/C36H40N6O8S/c1-24-32(43)38-17-20-49-28-11-13-29(14-12-28)50-36(15-18-42(19-16-36)51(47,48)30-10-6-9-27(21-30)23-37)35(46)40-25(2)33(44)41-31(34(45)39-24)22-26-7-4-3-5-8-26/h3-14,21,24-25,31H,15-20,22H2,1-2H3,(H,38,43)(H,39,45)(H,40,46)(H,41,44)/t24-,25-,31-/m0/s1. The van der Waals surface area contributed by atoms with Crippen LogP contribution in [0.3, 0.4) is 0 Å². The Morgan fingerprint density at radius 3 is 2.18 bits per heavy atom. The lowest BCUT2D eigenvalue weighted by Gasteiger charge is -2.40. The van der Waals surface area contributed by atoms with Crippen molar-refractivity contribution in [1.29, 1.82) is 5.26 Å². The van der Waals surface area contributed by atoms with Gasteiger partial charge in [-0.2, -0.15) is 9.57 Å². The van der Waals surface area contributed by atoms with Crippen LogP contribution in [0.15, 0.2) is 83.8 Å². The van der Waals surface area contributed by atoms with Crippen molar-refractivity contribution in [2.45, 2.75) is 61.7 Å². The molecule has 0 unspecified atom stereocenters. The number of nitrogens with one attached hydrogen (secondary N) is 4. The third kappa shape index (κ3) is 9.02. The lowest BCUT2D eigenvalue weighted by atomic mass is 9.90. The zero-order chi connectivity index (χ0) is 36.6. The summed E-state index contributed by atoms with van der Waals surface area (Å²) in [6, 6.07) is 20.0. The van der Waals surface area contributed by atoms with E-state index in [0.717, 1.165) is 5.56 Å². The molecular formula is C36H40N6O8S. The first-order chi connectivity index (χ1) is 24.4. The van der Waals surface area contributed by atoms with E-state index in [1.54, 1.807) is 48.5 Å². The Morgan fingerprint density at radius 2 is 1.49 bits per heavy atom. The first kappa shape index (κ1) is 36.8. The zero-order valence-electron chi connectivity index (χ0n) is 28.3. The first-order valence-corrected chi connectivity index (χ1v) is 18.0. The Morgan fingerprint density at radius 1 is 0.824 bits per heavy atom. The number of rotatable bonds is 4. The maximum absolute atomic E-state index is 14.1. The number of hydrogen-bond acceptors (Lipinski definition) is 9. The number of ether oxygens (including phenoxy) is 2. The van der Waals surface area contributed by atoms with Crippen LogP contribution in [0.25, 0.3) is 0 Å². The number of carbonyl (C=O) groups is 4. The minimum atomic E-state index is -4.00. The molecule has 0 aromatic heterocycles. The molecule has 0 radical (unpaired) electrons. The SMILES string of the molecule is C[C@@H]1NC(=O)[C@H](Cc2ccccc2)NC(=O)[C@H](C)NC(=O)C2(CCN(S(=O)(=O)c3cccc(C#N)c3)CC2)Oc2ccc(cc2)OCCNC1=O. The quantitative estimate of drug-likeness (QED) is 0.289. The van der Waals surface area contributed by atoms with E-state index in [-0.39, 0.29) is 56.0 Å². The molecule has 15 heteroatoms. The van der Waals surface area contributed by atoms with Gasteiger partial charge in [0, 0.05) is 32.4 Å². The van der Waals surface area contributed by atoms with Gasteiger partial charge in [-0.05, 0) is 61.9 Å². The van der Waals surface area contributed by atoms with Crippen LogP contribution in [-0.4, -0.2) is 86.3 Å². The van der Waals surface area contributed by atoms with Crippen LogP contribution in [0.5, 0.6) is 11.5 Å². The summed E-state index contributed by atoms with van der Waals surface area (Å²) in [5.74, 6) is -1.54. The molecule has 2 bridgehead atoms. The van der Waals surface area contributed by atoms with Crippen molar-refractivity contribution in [3.8, 4) is 17.6 Å². The van der Waals surface area contributed by atoms with E-state index in [0.29, 0.717) is 11.5 Å². The normalized spacial score (nSPS) is 22.3. The van der Waals surface area contributed by atoms with Crippen molar-refractivity contribution in [3.05, 3.63) is 90.0 Å². The summed E-state index contributed by atoms with van der Waals surface area (Å²) in [5.41, 5.74) is -0.610. The molecule has 1 spiro atoms. The molecule has 4 amide bonds. The van der Waals surface area contributed by atoms with Crippen LogP contribution in [0, 0.1) is 11.3 Å². The molecular weight excluding hydrogens is 676 g/mol. The van der Waals surface area contributed by atoms with Gasteiger partial charge < -0.3 is 30.7 Å². The van der Waals surface area contributed by atoms with Gasteiger partial charge in [-0.1, -0.05) is 36.4 Å². The van der Waals surface area contributed by atoms with E-state index in [2.05, 4.69) is 21.3 Å². The minimum absolute atomic E-state index is 0.0389. The van der Waals surface area contributed by atoms with E-state index >= 15 is 0 Å². The topological polar surface area (TPSA) is 196 Å². The smallest absolute Gasteiger partial charge is 0.264 e. The fraction of sp³-hybridized carbons (Fsp3) is 0.361. The van der Waals surface area contributed by atoms with Crippen molar-refractivity contribution in [2.75, 3.05) is 26.2 Å². The Labute approximate surface area is 296 Å². The van der Waals surface area contributed by atoms with Crippen molar-refractivity contribution in [3.63, 3.8) is 0 Å². The summed E-state index contributed by atoms with van der Waals surface area (Å²) in [7, 11) is -4.00. The van der Waals surface area contributed by atoms with Crippen LogP contribution >= 0.6 is 0 Å². The third-order valence-corrected chi connectivity index (χ3v) is 10.7. The molecule has 3 atom stereocenters. The highest BCUT2D eigenvalue weighted by Gasteiger charge is 2.47. The molecule has 268 valence electrons. The molecule has 1 saturated heterocycles. The number of piperidine rings is 1. The number of amides is 4. The first-order valence-electron chi connectivity index (χ1n) is 16.6. The largest absolute Gasteiger partial charge is 0.492 e. The highest BCUT2D eigenvalue weighted by Crippen LogP contribution is 2.33. The van der Waals surface area contributed by atoms with Gasteiger partial charge in [-0.3, -0.25) is 19.2 Å². The van der Waals surface area contributed by atoms with E-state index in [1.165, 1.54) is 42.4 Å². The average molecular weight is 717 g/mol. The lowest BCUT2D eigenvalue weighted by molar-refractivity contribution is -0.143. The predicted octanol–water partition coefficient (Wildman–Crippen LogP) is 1.41. The fourth-order valence-corrected chi connectivity index (χ4v) is 7.28. The lowest BCUT2D eigenvalue weighted by Crippen LogP contribution is -2.61. The van der Waals surface area contributed by atoms with Crippen molar-refractivity contribution in [1.82, 2.24) is 25.6 Å². The third-order valence-electron chi connectivity index (χ3n) is 8.76. The number of fused-ring (bicyclic) bond motifs is 15. The predicted molar refractivity (Wildman–Crippen MR) is 185 cm³/mol. The molecule has 4 N–H and O–H groups in total. The van der Waals surface area contributed by atoms with E-state index in [9.17, 15) is 32.9 Å². The maximum atomic E-state index is 14.1. The van der Waals surface area contributed by atoms with Crippen molar-refractivity contribution >= 4 is 33.7 Å². The van der Waals surface area contributed by atoms with E-state index in [4.69, 9.17) is 9.47 Å². The number of sulfonamides is 1. The molecule has 3 aliphatic rings. The summed E-state index contributed by atoms with van der Waals surface area (Å²) in [6.45, 7) is 3.11. The molecule has 0 saturated carbocycles. The van der Waals surface area contributed by atoms with Gasteiger partial charge in [-0.25, -0.2) is 8.42 Å². The van der Waals surface area contributed by atoms with Gasteiger partial charge in [0.25, 0.3) is 5.91 Å². The molecule has 3 aromatic carbocycles. The molecule has 3 heterocycles. The van der Waals surface area contributed by atoms with Gasteiger partial charge in [0.1, 0.15) is 36.2 Å². The monoisotopic (exact) mass is 716 g/mol. The summed E-state index contributed by atoms with van der Waals surface area (Å²) in [4.78, 5) is 53.7. The number of benzene rings is 3. The highest BCUT2D eigenvalue weighted by molar-refractivity contribution is 7.89. The van der Waals surface area contributed by atoms with E-state index < -0.39 is 57.4 Å². The average Bonchev–Trinajstić information content (AvgIpc) is 3.13. The second-order valence-corrected chi connectivity index (χ2v) is 14.4. The van der Waals surface area contributed by atoms with Crippen molar-refractivity contribution in [2.24, 2.45) is 0 Å². The Balaban J connectivity index is 1.41. The van der Waals surface area contributed by atoms with Gasteiger partial charge in [-0.15, -0.1) is 0 Å². The number of carbonyl (C=O) groups excluding carboxylic acids is 4. The van der Waals surface area contributed by atoms with Crippen LogP contribution in [-0.2, 0) is 35.6 Å². The second kappa shape index (κ2) is 16.0. The van der Waals surface area contributed by atoms with E-state index in [1.807, 2.05) is 12.1 Å². The minimum Gasteiger partial charge on any atom is -0.492 e. The summed E-state index contributed by atoms with van der Waals surface area (Å²) in [5, 5.41) is 20.1. The summed E-state index contributed by atoms with van der Waals surface area (Å²) < 4.78 is 40.3. The molecule has 3 aromatic rings. The highest BCUT2D eigenvalue weighted by atomic mass is 32.2. The van der Waals surface area contributed by atoms with Gasteiger partial charge in [0.05, 0.1) is 23.1 Å². The molecule has 6 rings (SSSR count). The van der Waals surface area contributed by atoms with Crippen LogP contribution in [0.2, 0.25) is 0 Å². The van der Waals surface area contributed by atoms with Crippen LogP contribution in [0.4, 0.5) is 0 Å². The fourth-order valence-electron chi connectivity index (χ4n) is 5.79. The van der Waals surface area contributed by atoms with Gasteiger partial charge >= 0.3 is 0 Å². The molecule has 51 heavy (non-hydrogen) atoms. The van der Waals surface area contributed by atoms with Crippen LogP contribution < -0.4 is 30.7 Å². The molecule has 0 aliphatic carbocycles. The summed E-state index contributed by atoms with van der Waals surface area (Å²) >= 11 is 0. The molecule has 1 fully saturated rings. The number of nitrogens with zero attached hydrogens (tertiary/aromatic N) is 2. The zero-order valence-corrected chi connectivity index (χ0v) is 29.1. The second-order valence-electron chi connectivity index (χ2n) is 12.4. The number of hydrogen-bond donors (Lipinski definition) is 4. The molecule has 3 aliphatic heterocycles. The molecule has 14 nitrogen and oxygen atoms in total. The van der Waals surface area contributed by atoms with Gasteiger partial charge in [0.2, 0.25) is 27.7 Å². The summed E-state index contributed by atoms with van der Waals surface area (Å²) in [6.07, 6.45) is 0.00390. The van der Waals surface area contributed by atoms with Gasteiger partial charge in [0.15, 0.2) is 5.60 Å². The van der Waals surface area contributed by atoms with Crippen LogP contribution in [0.1, 0.15) is 37.8 Å². The maximum Gasteiger partial charge on any atom is 0.264 e. The Kier molecular flexibility index (Phi) is 11.6. The Hall–Kier alpha value is -5.46.